The van der Waals surface area contributed by atoms with Gasteiger partial charge in [0, 0.05) is 51.7 Å². The zero-order chi connectivity index (χ0) is 21.9. The second-order valence-electron chi connectivity index (χ2n) is 8.71. The smallest absolute Gasteiger partial charge is 0.225 e. The van der Waals surface area contributed by atoms with Gasteiger partial charge in [-0.3, -0.25) is 9.59 Å². The maximum absolute atomic E-state index is 12.5. The fraction of sp³-hybridized carbons (Fsp3) is 0.667. The number of likely N-dealkylation sites (tertiary alicyclic amines) is 1. The van der Waals surface area contributed by atoms with Crippen LogP contribution in [0.15, 0.2) is 30.3 Å². The lowest BCUT2D eigenvalue weighted by molar-refractivity contribution is -0.136. The van der Waals surface area contributed by atoms with Crippen molar-refractivity contribution in [2.24, 2.45) is 5.92 Å². The summed E-state index contributed by atoms with van der Waals surface area (Å²) < 4.78 is 5.62. The number of nitrogens with zero attached hydrogens (tertiary/aromatic N) is 3. The number of carbonyl (C=O) groups is 2. The maximum atomic E-state index is 12.5. The normalized spacial score (nSPS) is 18.7. The van der Waals surface area contributed by atoms with Crippen LogP contribution in [0.25, 0.3) is 0 Å². The number of piperidine rings is 1. The Morgan fingerprint density at radius 3 is 2.42 bits per heavy atom. The predicted octanol–water partition coefficient (Wildman–Crippen LogP) is 1.84. The molecule has 2 heterocycles. The first-order valence-corrected chi connectivity index (χ1v) is 11.8. The van der Waals surface area contributed by atoms with Crippen molar-refractivity contribution >= 4 is 11.8 Å². The van der Waals surface area contributed by atoms with Gasteiger partial charge in [-0.15, -0.1) is 0 Å². The van der Waals surface area contributed by atoms with Gasteiger partial charge in [-0.1, -0.05) is 18.2 Å². The molecular formula is C24H38N4O3. The second-order valence-corrected chi connectivity index (χ2v) is 8.71. The number of hydrogen-bond acceptors (Lipinski definition) is 5. The molecule has 2 saturated heterocycles. The van der Waals surface area contributed by atoms with Gasteiger partial charge in [0.25, 0.3) is 0 Å². The molecule has 2 amide bonds. The second kappa shape index (κ2) is 12.7. The summed E-state index contributed by atoms with van der Waals surface area (Å²) in [5.74, 6) is 1.08. The summed E-state index contributed by atoms with van der Waals surface area (Å²) in [4.78, 5) is 31.6. The van der Waals surface area contributed by atoms with Crippen LogP contribution in [0.2, 0.25) is 0 Å². The molecule has 172 valence electrons. The number of unbranched alkanes of at least 4 members (excludes halogenated alkanes) is 1. The van der Waals surface area contributed by atoms with Gasteiger partial charge in [-0.2, -0.15) is 0 Å². The molecule has 2 fully saturated rings. The molecule has 0 bridgehead atoms. The van der Waals surface area contributed by atoms with Crippen molar-refractivity contribution in [3.63, 3.8) is 0 Å². The van der Waals surface area contributed by atoms with E-state index in [1.54, 1.807) is 0 Å². The molecule has 0 radical (unpaired) electrons. The number of ether oxygens (including phenoxy) is 1. The van der Waals surface area contributed by atoms with Crippen LogP contribution in [0.3, 0.4) is 0 Å². The molecule has 7 heteroatoms. The van der Waals surface area contributed by atoms with Crippen LogP contribution in [-0.4, -0.2) is 92.5 Å². The van der Waals surface area contributed by atoms with Gasteiger partial charge in [0.15, 0.2) is 0 Å². The first-order valence-electron chi connectivity index (χ1n) is 11.8. The van der Waals surface area contributed by atoms with Crippen molar-refractivity contribution in [3.05, 3.63) is 30.3 Å². The van der Waals surface area contributed by atoms with E-state index in [2.05, 4.69) is 22.2 Å². The number of hydrogen-bond donors (Lipinski definition) is 1. The third kappa shape index (κ3) is 8.15. The lowest BCUT2D eigenvalue weighted by atomic mass is 9.95. The molecule has 0 saturated carbocycles. The minimum absolute atomic E-state index is 0.0299. The number of piperazine rings is 1. The van der Waals surface area contributed by atoms with Gasteiger partial charge in [-0.05, 0) is 51.4 Å². The molecule has 2 aliphatic rings. The van der Waals surface area contributed by atoms with E-state index in [0.29, 0.717) is 26.1 Å². The zero-order valence-corrected chi connectivity index (χ0v) is 18.9. The van der Waals surface area contributed by atoms with E-state index in [-0.39, 0.29) is 17.7 Å². The van der Waals surface area contributed by atoms with Crippen LogP contribution >= 0.6 is 0 Å². The van der Waals surface area contributed by atoms with Crippen LogP contribution in [0.4, 0.5) is 0 Å². The van der Waals surface area contributed by atoms with E-state index in [0.717, 1.165) is 70.7 Å². The highest BCUT2D eigenvalue weighted by Crippen LogP contribution is 2.18. The molecule has 1 aromatic carbocycles. The summed E-state index contributed by atoms with van der Waals surface area (Å²) in [6.45, 7) is 8.18. The monoisotopic (exact) mass is 430 g/mol. The summed E-state index contributed by atoms with van der Waals surface area (Å²) in [6, 6.07) is 9.55. The largest absolute Gasteiger partial charge is 0.493 e. The van der Waals surface area contributed by atoms with Crippen molar-refractivity contribution in [2.75, 3.05) is 66.0 Å². The Kier molecular flexibility index (Phi) is 9.62. The van der Waals surface area contributed by atoms with Crippen molar-refractivity contribution in [3.8, 4) is 5.75 Å². The zero-order valence-electron chi connectivity index (χ0n) is 18.9. The maximum Gasteiger partial charge on any atom is 0.225 e. The average molecular weight is 431 g/mol. The highest BCUT2D eigenvalue weighted by molar-refractivity contribution is 5.80. The lowest BCUT2D eigenvalue weighted by Crippen LogP contribution is -2.45. The molecule has 1 aromatic rings. The first-order chi connectivity index (χ1) is 15.1. The molecule has 3 rings (SSSR count). The Labute approximate surface area is 186 Å². The Bertz CT molecular complexity index is 669. The standard InChI is InChI=1S/C24H38N4O3/c1-26-16-18-27(19-17-26)13-6-5-12-25-24(30)21-9-14-28(15-10-21)23(29)11-20-31-22-7-3-2-4-8-22/h2-4,7-8,21H,5-6,9-20H2,1H3,(H,25,30). The number of amides is 2. The molecule has 0 spiro atoms. The molecule has 0 atom stereocenters. The minimum Gasteiger partial charge on any atom is -0.493 e. The number of likely N-dealkylation sites (N-methyl/N-ethyl adjacent to an activating group) is 1. The first kappa shape index (κ1) is 23.5. The van der Waals surface area contributed by atoms with E-state index in [4.69, 9.17) is 4.74 Å². The van der Waals surface area contributed by atoms with Crippen molar-refractivity contribution < 1.29 is 14.3 Å². The molecule has 7 nitrogen and oxygen atoms in total. The fourth-order valence-electron chi connectivity index (χ4n) is 4.21. The van der Waals surface area contributed by atoms with E-state index >= 15 is 0 Å². The fourth-order valence-corrected chi connectivity index (χ4v) is 4.21. The Hall–Kier alpha value is -2.12. The van der Waals surface area contributed by atoms with E-state index in [1.807, 2.05) is 35.2 Å². The summed E-state index contributed by atoms with van der Waals surface area (Å²) >= 11 is 0. The van der Waals surface area contributed by atoms with E-state index in [9.17, 15) is 9.59 Å². The highest BCUT2D eigenvalue weighted by Gasteiger charge is 2.27. The van der Waals surface area contributed by atoms with Gasteiger partial charge >= 0.3 is 0 Å². The van der Waals surface area contributed by atoms with Gasteiger partial charge < -0.3 is 24.8 Å². The molecule has 0 unspecified atom stereocenters. The lowest BCUT2D eigenvalue weighted by Gasteiger charge is -2.32. The van der Waals surface area contributed by atoms with Gasteiger partial charge in [-0.25, -0.2) is 0 Å². The van der Waals surface area contributed by atoms with Crippen LogP contribution in [-0.2, 0) is 9.59 Å². The van der Waals surface area contributed by atoms with Crippen LogP contribution in [0.1, 0.15) is 32.1 Å². The van der Waals surface area contributed by atoms with Gasteiger partial charge in [0.2, 0.25) is 11.8 Å². The quantitative estimate of drug-likeness (QED) is 0.574. The van der Waals surface area contributed by atoms with Crippen molar-refractivity contribution in [2.45, 2.75) is 32.1 Å². The molecule has 31 heavy (non-hydrogen) atoms. The van der Waals surface area contributed by atoms with E-state index in [1.165, 1.54) is 0 Å². The third-order valence-corrected chi connectivity index (χ3v) is 6.34. The SMILES string of the molecule is CN1CCN(CCCCNC(=O)C2CCN(C(=O)CCOc3ccccc3)CC2)CC1. The Morgan fingerprint density at radius 2 is 1.71 bits per heavy atom. The summed E-state index contributed by atoms with van der Waals surface area (Å²) in [6.07, 6.45) is 4.02. The number of para-hydroxylation sites is 1. The molecule has 0 aromatic heterocycles. The molecule has 0 aliphatic carbocycles. The summed E-state index contributed by atoms with van der Waals surface area (Å²) in [5, 5.41) is 3.10. The number of benzene rings is 1. The Morgan fingerprint density at radius 1 is 1.00 bits per heavy atom. The van der Waals surface area contributed by atoms with Crippen molar-refractivity contribution in [1.82, 2.24) is 20.0 Å². The molecular weight excluding hydrogens is 392 g/mol. The summed E-state index contributed by atoms with van der Waals surface area (Å²) in [5.41, 5.74) is 0. The average Bonchev–Trinajstić information content (AvgIpc) is 2.80. The topological polar surface area (TPSA) is 65.1 Å². The van der Waals surface area contributed by atoms with Crippen LogP contribution in [0.5, 0.6) is 5.75 Å². The minimum atomic E-state index is 0.0299. The third-order valence-electron chi connectivity index (χ3n) is 6.34. The predicted molar refractivity (Wildman–Crippen MR) is 122 cm³/mol. The van der Waals surface area contributed by atoms with E-state index < -0.39 is 0 Å². The van der Waals surface area contributed by atoms with Crippen LogP contribution < -0.4 is 10.1 Å². The van der Waals surface area contributed by atoms with Crippen molar-refractivity contribution in [1.29, 1.82) is 0 Å². The number of nitrogens with one attached hydrogen (secondary N) is 1. The van der Waals surface area contributed by atoms with Gasteiger partial charge in [0.1, 0.15) is 5.75 Å². The van der Waals surface area contributed by atoms with Crippen LogP contribution in [0, 0.1) is 5.92 Å². The molecule has 1 N–H and O–H groups in total. The highest BCUT2D eigenvalue weighted by atomic mass is 16.5. The van der Waals surface area contributed by atoms with Gasteiger partial charge in [0.05, 0.1) is 13.0 Å². The number of carbonyl (C=O) groups excluding carboxylic acids is 2. The molecule has 2 aliphatic heterocycles. The Balaban J connectivity index is 1.22. The number of rotatable bonds is 10. The summed E-state index contributed by atoms with van der Waals surface area (Å²) in [7, 11) is 2.17.